The first-order valence-corrected chi connectivity index (χ1v) is 4.32. The molecule has 0 bridgehead atoms. The van der Waals surface area contributed by atoms with E-state index in [0.717, 1.165) is 0 Å². The number of allylic oxidation sites excluding steroid dienone is 1. The molecule has 2 atom stereocenters. The summed E-state index contributed by atoms with van der Waals surface area (Å²) < 4.78 is 20.7. The Hall–Kier alpha value is -0.150. The summed E-state index contributed by atoms with van der Waals surface area (Å²) >= 11 is -2.11. The molecule has 10 heavy (non-hydrogen) atoms. The molecular weight excluding hydrogens is 148 g/mol. The monoisotopic (exact) mass is 161 g/mol. The predicted octanol–water partition coefficient (Wildman–Crippen LogP) is 1.67. The van der Waals surface area contributed by atoms with Gasteiger partial charge in [-0.2, -0.15) is 0 Å². The van der Waals surface area contributed by atoms with Crippen molar-refractivity contribution in [1.29, 1.82) is 0 Å². The standard InChI is InChI=1S/C7H14O2S/c1-5(2)6(3)7(4)10(8)9/h5-6H,4H2,1-3H3,(H,8,9)/p-1. The summed E-state index contributed by atoms with van der Waals surface area (Å²) in [6.07, 6.45) is 0. The van der Waals surface area contributed by atoms with Crippen molar-refractivity contribution in [1.82, 2.24) is 0 Å². The van der Waals surface area contributed by atoms with Crippen LogP contribution in [0.4, 0.5) is 0 Å². The maximum Gasteiger partial charge on any atom is -0.00170 e. The Kier molecular flexibility index (Phi) is 3.83. The topological polar surface area (TPSA) is 40.1 Å². The summed E-state index contributed by atoms with van der Waals surface area (Å²) in [4.78, 5) is 0.301. The minimum Gasteiger partial charge on any atom is -0.769 e. The molecule has 0 aliphatic heterocycles. The van der Waals surface area contributed by atoms with Gasteiger partial charge in [0.2, 0.25) is 0 Å². The Balaban J connectivity index is 4.08. The van der Waals surface area contributed by atoms with Crippen LogP contribution in [0.2, 0.25) is 0 Å². The van der Waals surface area contributed by atoms with Crippen LogP contribution in [0.15, 0.2) is 11.5 Å². The summed E-state index contributed by atoms with van der Waals surface area (Å²) in [5.74, 6) is 0.392. The first-order chi connectivity index (χ1) is 4.46. The minimum atomic E-state index is -2.11. The van der Waals surface area contributed by atoms with Crippen LogP contribution >= 0.6 is 0 Å². The minimum absolute atomic E-state index is 0.0540. The molecule has 0 aromatic heterocycles. The molecule has 0 aromatic rings. The molecule has 0 fully saturated rings. The highest BCUT2D eigenvalue weighted by molar-refractivity contribution is 7.83. The second kappa shape index (κ2) is 3.88. The van der Waals surface area contributed by atoms with Crippen molar-refractivity contribution in [2.75, 3.05) is 0 Å². The first kappa shape index (κ1) is 9.85. The van der Waals surface area contributed by atoms with Gasteiger partial charge in [-0.15, -0.1) is 0 Å². The summed E-state index contributed by atoms with van der Waals surface area (Å²) in [5.41, 5.74) is 0. The Morgan fingerprint density at radius 2 is 1.90 bits per heavy atom. The van der Waals surface area contributed by atoms with Gasteiger partial charge in [-0.3, -0.25) is 4.21 Å². The Morgan fingerprint density at radius 1 is 1.50 bits per heavy atom. The highest BCUT2D eigenvalue weighted by atomic mass is 32.2. The largest absolute Gasteiger partial charge is 0.769 e. The zero-order valence-electron chi connectivity index (χ0n) is 6.59. The van der Waals surface area contributed by atoms with Crippen LogP contribution in [0.5, 0.6) is 0 Å². The first-order valence-electron chi connectivity index (χ1n) is 3.25. The smallest absolute Gasteiger partial charge is 0.00170 e. The zero-order chi connectivity index (χ0) is 8.31. The second-order valence-electron chi connectivity index (χ2n) is 2.73. The van der Waals surface area contributed by atoms with Crippen molar-refractivity contribution in [3.63, 3.8) is 0 Å². The van der Waals surface area contributed by atoms with Gasteiger partial charge >= 0.3 is 0 Å². The molecule has 0 saturated heterocycles. The van der Waals surface area contributed by atoms with Crippen LogP contribution in [0, 0.1) is 11.8 Å². The van der Waals surface area contributed by atoms with Crippen LogP contribution in [0.3, 0.4) is 0 Å². The lowest BCUT2D eigenvalue weighted by Gasteiger charge is -2.19. The normalized spacial score (nSPS) is 16.9. The van der Waals surface area contributed by atoms with E-state index in [-0.39, 0.29) is 5.92 Å². The summed E-state index contributed by atoms with van der Waals surface area (Å²) in [6.45, 7) is 9.28. The number of rotatable bonds is 3. The molecule has 0 aromatic carbocycles. The summed E-state index contributed by atoms with van der Waals surface area (Å²) in [7, 11) is 0. The van der Waals surface area contributed by atoms with Crippen LogP contribution in [0.1, 0.15) is 20.8 Å². The average Bonchev–Trinajstić information content (AvgIpc) is 1.84. The van der Waals surface area contributed by atoms with E-state index in [9.17, 15) is 8.76 Å². The van der Waals surface area contributed by atoms with Gasteiger partial charge in [0.1, 0.15) is 0 Å². The van der Waals surface area contributed by atoms with Gasteiger partial charge in [0.15, 0.2) is 0 Å². The molecule has 60 valence electrons. The van der Waals surface area contributed by atoms with Gasteiger partial charge in [-0.05, 0) is 27.8 Å². The van der Waals surface area contributed by atoms with E-state index in [2.05, 4.69) is 6.58 Å². The lowest BCUT2D eigenvalue weighted by atomic mass is 9.98. The van der Waals surface area contributed by atoms with Crippen LogP contribution in [-0.4, -0.2) is 8.76 Å². The second-order valence-corrected chi connectivity index (χ2v) is 3.73. The third-order valence-corrected chi connectivity index (χ3v) is 2.52. The molecule has 0 heterocycles. The number of hydrogen-bond acceptors (Lipinski definition) is 2. The molecule has 0 spiro atoms. The third-order valence-electron chi connectivity index (χ3n) is 1.72. The van der Waals surface area contributed by atoms with E-state index in [1.807, 2.05) is 20.8 Å². The fraction of sp³-hybridized carbons (Fsp3) is 0.714. The van der Waals surface area contributed by atoms with Crippen LogP contribution in [0.25, 0.3) is 0 Å². The van der Waals surface area contributed by atoms with Gasteiger partial charge < -0.3 is 4.55 Å². The van der Waals surface area contributed by atoms with E-state index in [1.54, 1.807) is 0 Å². The highest BCUT2D eigenvalue weighted by Crippen LogP contribution is 2.19. The molecular formula is C7H13O2S-. The third kappa shape index (κ3) is 2.62. The lowest BCUT2D eigenvalue weighted by Crippen LogP contribution is -2.09. The summed E-state index contributed by atoms with van der Waals surface area (Å²) in [6, 6.07) is 0. The molecule has 0 rings (SSSR count). The van der Waals surface area contributed by atoms with Gasteiger partial charge in [0, 0.05) is 0 Å². The van der Waals surface area contributed by atoms with Crippen molar-refractivity contribution in [3.8, 4) is 0 Å². The molecule has 0 amide bonds. The van der Waals surface area contributed by atoms with Crippen molar-refractivity contribution in [2.24, 2.45) is 11.8 Å². The molecule has 0 N–H and O–H groups in total. The molecule has 0 aliphatic carbocycles. The number of hydrogen-bond donors (Lipinski definition) is 0. The Morgan fingerprint density at radius 3 is 2.00 bits per heavy atom. The quantitative estimate of drug-likeness (QED) is 0.591. The fourth-order valence-electron chi connectivity index (χ4n) is 0.524. The van der Waals surface area contributed by atoms with Crippen LogP contribution < -0.4 is 0 Å². The van der Waals surface area contributed by atoms with Crippen molar-refractivity contribution >= 4 is 11.1 Å². The van der Waals surface area contributed by atoms with Gasteiger partial charge in [-0.25, -0.2) is 0 Å². The maximum absolute atomic E-state index is 10.3. The van der Waals surface area contributed by atoms with Crippen molar-refractivity contribution in [3.05, 3.63) is 11.5 Å². The molecule has 3 heteroatoms. The SMILES string of the molecule is C=C(C(C)C(C)C)S(=O)[O-]. The lowest BCUT2D eigenvalue weighted by molar-refractivity contribution is 0.479. The predicted molar refractivity (Wildman–Crippen MR) is 42.1 cm³/mol. The van der Waals surface area contributed by atoms with Crippen molar-refractivity contribution in [2.45, 2.75) is 20.8 Å². The van der Waals surface area contributed by atoms with Gasteiger partial charge in [-0.1, -0.05) is 27.4 Å². The fourth-order valence-corrected chi connectivity index (χ4v) is 1.10. The van der Waals surface area contributed by atoms with E-state index in [0.29, 0.717) is 10.8 Å². The van der Waals surface area contributed by atoms with Gasteiger partial charge in [0.25, 0.3) is 0 Å². The summed E-state index contributed by atoms with van der Waals surface area (Å²) in [5, 5.41) is 0. The molecule has 0 aliphatic rings. The molecule has 2 nitrogen and oxygen atoms in total. The molecule has 0 saturated carbocycles. The van der Waals surface area contributed by atoms with Gasteiger partial charge in [0.05, 0.1) is 0 Å². The zero-order valence-corrected chi connectivity index (χ0v) is 7.40. The maximum atomic E-state index is 10.3. The van der Waals surface area contributed by atoms with Crippen LogP contribution in [-0.2, 0) is 11.1 Å². The van der Waals surface area contributed by atoms with E-state index < -0.39 is 11.1 Å². The Labute approximate surface area is 64.6 Å². The van der Waals surface area contributed by atoms with E-state index in [4.69, 9.17) is 0 Å². The molecule has 0 radical (unpaired) electrons. The molecule has 2 unspecified atom stereocenters. The van der Waals surface area contributed by atoms with E-state index in [1.165, 1.54) is 0 Å². The van der Waals surface area contributed by atoms with E-state index >= 15 is 0 Å². The average molecular weight is 161 g/mol. The Bertz CT molecular complexity index is 152. The highest BCUT2D eigenvalue weighted by Gasteiger charge is 2.10. The van der Waals surface area contributed by atoms with Crippen molar-refractivity contribution < 1.29 is 8.76 Å².